The van der Waals surface area contributed by atoms with Crippen LogP contribution in [0.5, 0.6) is 0 Å². The van der Waals surface area contributed by atoms with Gasteiger partial charge in [0.05, 0.1) is 23.5 Å². The van der Waals surface area contributed by atoms with E-state index in [2.05, 4.69) is 13.0 Å². The van der Waals surface area contributed by atoms with E-state index in [4.69, 9.17) is 9.47 Å². The van der Waals surface area contributed by atoms with E-state index in [0.29, 0.717) is 0 Å². The summed E-state index contributed by atoms with van der Waals surface area (Å²) in [6.07, 6.45) is 8.10. The molecule has 1 unspecified atom stereocenters. The average molecular weight is 332 g/mol. The van der Waals surface area contributed by atoms with Crippen LogP contribution in [0.15, 0.2) is 52.3 Å². The highest BCUT2D eigenvalue weighted by Gasteiger charge is 2.37. The van der Waals surface area contributed by atoms with Gasteiger partial charge in [-0.25, -0.2) is 4.21 Å². The number of aryl methyl sites for hydroxylation is 1. The van der Waals surface area contributed by atoms with Crippen LogP contribution in [0.3, 0.4) is 0 Å². The molecular formula is C19H24O3S. The molecule has 2 aliphatic heterocycles. The maximum atomic E-state index is 12.4. The first-order valence-corrected chi connectivity index (χ1v) is 9.47. The molecule has 23 heavy (non-hydrogen) atoms. The lowest BCUT2D eigenvalue weighted by molar-refractivity contribution is -0.247. The van der Waals surface area contributed by atoms with Crippen molar-refractivity contribution in [3.63, 3.8) is 0 Å². The third kappa shape index (κ3) is 4.19. The molecule has 3 atom stereocenters. The predicted molar refractivity (Wildman–Crippen MR) is 92.5 cm³/mol. The van der Waals surface area contributed by atoms with Crippen molar-refractivity contribution in [2.75, 3.05) is 6.61 Å². The third-order valence-electron chi connectivity index (χ3n) is 4.25. The van der Waals surface area contributed by atoms with E-state index in [1.807, 2.05) is 37.3 Å². The molecule has 124 valence electrons. The first-order valence-electron chi connectivity index (χ1n) is 8.25. The summed E-state index contributed by atoms with van der Waals surface area (Å²) in [6, 6.07) is 7.81. The lowest BCUT2D eigenvalue weighted by Crippen LogP contribution is -2.42. The summed E-state index contributed by atoms with van der Waals surface area (Å²) in [5.41, 5.74) is 2.32. The molecule has 2 heterocycles. The zero-order chi connectivity index (χ0) is 16.3. The molecule has 4 heteroatoms. The maximum absolute atomic E-state index is 12.4. The Morgan fingerprint density at radius 1 is 1.26 bits per heavy atom. The fraction of sp³-hybridized carbons (Fsp3) is 0.474. The highest BCUT2D eigenvalue weighted by Crippen LogP contribution is 2.35. The second-order valence-corrected chi connectivity index (χ2v) is 7.72. The van der Waals surface area contributed by atoms with E-state index in [1.165, 1.54) is 5.56 Å². The molecule has 1 fully saturated rings. The van der Waals surface area contributed by atoms with E-state index in [-0.39, 0.29) is 6.10 Å². The van der Waals surface area contributed by atoms with Crippen molar-refractivity contribution < 1.29 is 13.7 Å². The molecular weight excluding hydrogens is 308 g/mol. The van der Waals surface area contributed by atoms with E-state index in [0.717, 1.165) is 42.8 Å². The molecule has 0 aliphatic carbocycles. The van der Waals surface area contributed by atoms with Crippen LogP contribution in [0, 0.1) is 6.92 Å². The Balaban J connectivity index is 1.75. The molecule has 0 amide bonds. The smallest absolute Gasteiger partial charge is 0.188 e. The second-order valence-electron chi connectivity index (χ2n) is 6.38. The summed E-state index contributed by atoms with van der Waals surface area (Å²) in [6.45, 7) is 4.84. The highest BCUT2D eigenvalue weighted by atomic mass is 32.2. The van der Waals surface area contributed by atoms with Gasteiger partial charge in [-0.3, -0.25) is 0 Å². The van der Waals surface area contributed by atoms with E-state index in [9.17, 15) is 4.21 Å². The Labute approximate surface area is 140 Å². The van der Waals surface area contributed by atoms with Gasteiger partial charge in [-0.15, -0.1) is 0 Å². The number of hydrogen-bond acceptors (Lipinski definition) is 3. The molecule has 0 radical (unpaired) electrons. The fourth-order valence-corrected chi connectivity index (χ4v) is 3.96. The first-order chi connectivity index (χ1) is 11.1. The summed E-state index contributed by atoms with van der Waals surface area (Å²) in [4.78, 5) is 0.830. The second kappa shape index (κ2) is 7.12. The van der Waals surface area contributed by atoms with E-state index < -0.39 is 16.6 Å². The number of hydrogen-bond donors (Lipinski definition) is 0. The quantitative estimate of drug-likeness (QED) is 0.830. The molecule has 1 aromatic carbocycles. The molecule has 0 saturated carbocycles. The van der Waals surface area contributed by atoms with E-state index in [1.54, 1.807) is 5.41 Å². The van der Waals surface area contributed by atoms with Gasteiger partial charge in [0.15, 0.2) is 5.79 Å². The molecule has 0 bridgehead atoms. The molecule has 3 rings (SSSR count). The summed E-state index contributed by atoms with van der Waals surface area (Å²) in [5, 5.41) is 1.77. The van der Waals surface area contributed by atoms with Crippen molar-refractivity contribution in [2.24, 2.45) is 0 Å². The standard InChI is InChI=1S/C19H24O3S/c1-15-5-7-18(8-6-15)23(20)12-9-17-13-16(2)22-19(14-17)10-3-4-11-21-19/h5-9,12,14,16H,3-4,10-11,13H2,1-2H3/b12-9-/t16-,19-,23?/m1/s1. The van der Waals surface area contributed by atoms with Gasteiger partial charge in [-0.1, -0.05) is 17.7 Å². The van der Waals surface area contributed by atoms with Crippen molar-refractivity contribution in [1.29, 1.82) is 0 Å². The lowest BCUT2D eigenvalue weighted by atomic mass is 9.96. The van der Waals surface area contributed by atoms with Crippen LogP contribution in [-0.4, -0.2) is 22.7 Å². The van der Waals surface area contributed by atoms with Crippen LogP contribution in [-0.2, 0) is 20.3 Å². The first kappa shape index (κ1) is 16.6. The lowest BCUT2D eigenvalue weighted by Gasteiger charge is -2.40. The predicted octanol–water partition coefficient (Wildman–Crippen LogP) is 4.25. The van der Waals surface area contributed by atoms with Crippen LogP contribution in [0.1, 0.15) is 38.2 Å². The average Bonchev–Trinajstić information content (AvgIpc) is 2.53. The topological polar surface area (TPSA) is 35.5 Å². The number of allylic oxidation sites excluding steroid dienone is 1. The third-order valence-corrected chi connectivity index (χ3v) is 5.37. The zero-order valence-corrected chi connectivity index (χ0v) is 14.6. The van der Waals surface area contributed by atoms with Gasteiger partial charge in [0, 0.05) is 16.7 Å². The minimum absolute atomic E-state index is 0.116. The molecule has 2 aliphatic rings. The van der Waals surface area contributed by atoms with Crippen LogP contribution in [0.25, 0.3) is 0 Å². The summed E-state index contributed by atoms with van der Waals surface area (Å²) in [5.74, 6) is -0.569. The normalized spacial score (nSPS) is 29.7. The SMILES string of the molecule is Cc1ccc(S(=O)/C=C\C2=C[C@@]3(CCCCO3)O[C@H](C)C2)cc1. The van der Waals surface area contributed by atoms with Gasteiger partial charge in [-0.05, 0) is 63.0 Å². The van der Waals surface area contributed by atoms with Crippen LogP contribution < -0.4 is 0 Å². The van der Waals surface area contributed by atoms with Gasteiger partial charge in [0.2, 0.25) is 0 Å². The van der Waals surface area contributed by atoms with Crippen molar-refractivity contribution in [3.05, 3.63) is 53.0 Å². The largest absolute Gasteiger partial charge is 0.346 e. The summed E-state index contributed by atoms with van der Waals surface area (Å²) in [7, 11) is -1.12. The number of ether oxygens (including phenoxy) is 2. The van der Waals surface area contributed by atoms with Crippen molar-refractivity contribution in [3.8, 4) is 0 Å². The zero-order valence-electron chi connectivity index (χ0n) is 13.8. The Hall–Kier alpha value is -1.23. The maximum Gasteiger partial charge on any atom is 0.188 e. The van der Waals surface area contributed by atoms with Gasteiger partial charge in [0.1, 0.15) is 0 Å². The van der Waals surface area contributed by atoms with Crippen molar-refractivity contribution in [1.82, 2.24) is 0 Å². The highest BCUT2D eigenvalue weighted by molar-refractivity contribution is 7.88. The van der Waals surface area contributed by atoms with Crippen LogP contribution in [0.2, 0.25) is 0 Å². The Morgan fingerprint density at radius 3 is 2.74 bits per heavy atom. The monoisotopic (exact) mass is 332 g/mol. The Morgan fingerprint density at radius 2 is 2.04 bits per heavy atom. The van der Waals surface area contributed by atoms with E-state index >= 15 is 0 Å². The van der Waals surface area contributed by atoms with Gasteiger partial charge < -0.3 is 9.47 Å². The molecule has 0 aromatic heterocycles. The molecule has 1 spiro atoms. The number of rotatable bonds is 3. The van der Waals surface area contributed by atoms with Crippen molar-refractivity contribution in [2.45, 2.75) is 56.3 Å². The molecule has 1 saturated heterocycles. The Kier molecular flexibility index (Phi) is 5.14. The number of benzene rings is 1. The molecule has 3 nitrogen and oxygen atoms in total. The molecule has 0 N–H and O–H groups in total. The van der Waals surface area contributed by atoms with Crippen LogP contribution in [0.4, 0.5) is 0 Å². The Bertz CT molecular complexity index is 625. The minimum Gasteiger partial charge on any atom is -0.346 e. The van der Waals surface area contributed by atoms with Crippen LogP contribution >= 0.6 is 0 Å². The van der Waals surface area contributed by atoms with Crippen molar-refractivity contribution >= 4 is 10.8 Å². The fourth-order valence-electron chi connectivity index (χ4n) is 3.10. The molecule has 1 aromatic rings. The van der Waals surface area contributed by atoms with Gasteiger partial charge >= 0.3 is 0 Å². The van der Waals surface area contributed by atoms with Gasteiger partial charge in [0.25, 0.3) is 0 Å². The minimum atomic E-state index is -1.12. The van der Waals surface area contributed by atoms with Gasteiger partial charge in [-0.2, -0.15) is 0 Å². The summed E-state index contributed by atoms with van der Waals surface area (Å²) < 4.78 is 24.3. The summed E-state index contributed by atoms with van der Waals surface area (Å²) >= 11 is 0.